The molecule has 0 spiro atoms. The van der Waals surface area contributed by atoms with Crippen LogP contribution in [0.1, 0.15) is 38.8 Å². The first-order chi connectivity index (χ1) is 16.5. The van der Waals surface area contributed by atoms with Crippen LogP contribution in [0.25, 0.3) is 0 Å². The lowest BCUT2D eigenvalue weighted by molar-refractivity contribution is 0.102. The number of ether oxygens (including phenoxy) is 2. The van der Waals surface area contributed by atoms with Crippen LogP contribution in [-0.4, -0.2) is 43.4 Å². The molecule has 7 nitrogen and oxygen atoms in total. The van der Waals surface area contributed by atoms with Gasteiger partial charge in [0.25, 0.3) is 5.91 Å². The van der Waals surface area contributed by atoms with E-state index in [2.05, 4.69) is 10.3 Å². The monoisotopic (exact) mass is 477 g/mol. The number of nitrogens with one attached hydrogen (secondary N) is 1. The molecule has 2 aromatic carbocycles. The summed E-state index contributed by atoms with van der Waals surface area (Å²) in [5.41, 5.74) is 4.20. The first-order valence-corrected chi connectivity index (χ1v) is 11.9. The van der Waals surface area contributed by atoms with Gasteiger partial charge in [-0.1, -0.05) is 29.8 Å². The van der Waals surface area contributed by atoms with Crippen molar-refractivity contribution in [2.24, 2.45) is 4.99 Å². The van der Waals surface area contributed by atoms with Crippen LogP contribution in [0.4, 0.5) is 15.5 Å². The first kappa shape index (κ1) is 23.5. The van der Waals surface area contributed by atoms with Gasteiger partial charge < -0.3 is 19.7 Å². The van der Waals surface area contributed by atoms with Crippen molar-refractivity contribution in [3.63, 3.8) is 0 Å². The molecule has 34 heavy (non-hydrogen) atoms. The minimum atomic E-state index is -0.339. The zero-order chi connectivity index (χ0) is 24.1. The molecule has 1 aliphatic rings. The smallest absolute Gasteiger partial charge is 0.410 e. The molecule has 1 aromatic heterocycles. The summed E-state index contributed by atoms with van der Waals surface area (Å²) in [5, 5.41) is 3.62. The maximum Gasteiger partial charge on any atom is 0.410 e. The van der Waals surface area contributed by atoms with Gasteiger partial charge in [0, 0.05) is 23.3 Å². The lowest BCUT2D eigenvalue weighted by Gasteiger charge is -2.26. The van der Waals surface area contributed by atoms with E-state index in [-0.39, 0.29) is 12.0 Å². The van der Waals surface area contributed by atoms with E-state index in [1.807, 2.05) is 55.5 Å². The average Bonchev–Trinajstić information content (AvgIpc) is 3.22. The largest absolute Gasteiger partial charge is 0.497 e. The number of benzene rings is 2. The van der Waals surface area contributed by atoms with Gasteiger partial charge in [-0.3, -0.25) is 4.79 Å². The maximum atomic E-state index is 13.4. The van der Waals surface area contributed by atoms with E-state index in [0.29, 0.717) is 36.7 Å². The highest BCUT2D eigenvalue weighted by Gasteiger charge is 2.30. The number of hydrogen-bond acceptors (Lipinski definition) is 6. The van der Waals surface area contributed by atoms with Gasteiger partial charge in [-0.25, -0.2) is 9.79 Å². The fraction of sp³-hybridized carbons (Fsp3) is 0.269. The number of carbonyl (C=O) groups is 2. The molecular formula is C26H27N3O4S. The summed E-state index contributed by atoms with van der Waals surface area (Å²) >= 11 is 1.43. The Balaban J connectivity index is 1.67. The van der Waals surface area contributed by atoms with Gasteiger partial charge in [-0.15, -0.1) is 11.3 Å². The minimum Gasteiger partial charge on any atom is -0.497 e. The Bertz CT molecular complexity index is 1220. The lowest BCUT2D eigenvalue weighted by atomic mass is 10.0. The molecular weight excluding hydrogens is 450 g/mol. The minimum absolute atomic E-state index is 0.205. The topological polar surface area (TPSA) is 80.2 Å². The van der Waals surface area contributed by atoms with Crippen LogP contribution in [0.3, 0.4) is 0 Å². The molecule has 0 radical (unpaired) electrons. The molecule has 176 valence electrons. The van der Waals surface area contributed by atoms with Gasteiger partial charge in [0.05, 0.1) is 25.8 Å². The lowest BCUT2D eigenvalue weighted by Crippen LogP contribution is -2.36. The van der Waals surface area contributed by atoms with E-state index < -0.39 is 0 Å². The van der Waals surface area contributed by atoms with Crippen LogP contribution < -0.4 is 10.1 Å². The Hall–Kier alpha value is -3.65. The van der Waals surface area contributed by atoms with E-state index in [0.717, 1.165) is 33.0 Å². The predicted octanol–water partition coefficient (Wildman–Crippen LogP) is 5.58. The van der Waals surface area contributed by atoms with Crippen LogP contribution in [0.15, 0.2) is 53.5 Å². The molecule has 0 saturated heterocycles. The Morgan fingerprint density at radius 1 is 1.21 bits per heavy atom. The fourth-order valence-electron chi connectivity index (χ4n) is 3.77. The van der Waals surface area contributed by atoms with E-state index in [4.69, 9.17) is 9.47 Å². The summed E-state index contributed by atoms with van der Waals surface area (Å²) in [6.45, 7) is 5.01. The number of methoxy groups -OCH3 is 1. The molecule has 0 bridgehead atoms. The average molecular weight is 478 g/mol. The number of amides is 2. The molecule has 2 amide bonds. The standard InChI is InChI=1S/C26H27N3O4S/c1-4-33-26(31)29-13-12-21-22(16-29)34-25(27-15-18-6-5-7-20(14-18)32-3)23(21)24(30)28-19-10-8-17(2)9-11-19/h5-11,14-15H,4,12-13,16H2,1-3H3,(H,28,30). The van der Waals surface area contributed by atoms with Crippen molar-refractivity contribution in [3.8, 4) is 5.75 Å². The van der Waals surface area contributed by atoms with Crippen molar-refractivity contribution in [2.75, 3.05) is 25.6 Å². The summed E-state index contributed by atoms with van der Waals surface area (Å²) in [6.07, 6.45) is 1.95. The number of carbonyl (C=O) groups excluding carboxylic acids is 2. The third-order valence-corrected chi connectivity index (χ3v) is 6.65. The zero-order valence-corrected chi connectivity index (χ0v) is 20.3. The number of aliphatic imine (C=N–C) groups is 1. The van der Waals surface area contributed by atoms with Crippen LogP contribution in [-0.2, 0) is 17.7 Å². The number of aryl methyl sites for hydroxylation is 1. The highest BCUT2D eigenvalue weighted by Crippen LogP contribution is 2.39. The highest BCUT2D eigenvalue weighted by molar-refractivity contribution is 7.16. The molecule has 0 saturated carbocycles. The van der Waals surface area contributed by atoms with Crippen LogP contribution in [0.2, 0.25) is 0 Å². The van der Waals surface area contributed by atoms with E-state index in [9.17, 15) is 9.59 Å². The molecule has 3 aromatic rings. The number of rotatable bonds is 6. The number of thiophene rings is 1. The summed E-state index contributed by atoms with van der Waals surface area (Å²) < 4.78 is 10.5. The number of nitrogens with zero attached hydrogens (tertiary/aromatic N) is 2. The quantitative estimate of drug-likeness (QED) is 0.470. The Kier molecular flexibility index (Phi) is 7.27. The number of hydrogen-bond donors (Lipinski definition) is 1. The zero-order valence-electron chi connectivity index (χ0n) is 19.5. The third kappa shape index (κ3) is 5.28. The summed E-state index contributed by atoms with van der Waals surface area (Å²) in [7, 11) is 1.62. The second kappa shape index (κ2) is 10.5. The highest BCUT2D eigenvalue weighted by atomic mass is 32.1. The second-order valence-electron chi connectivity index (χ2n) is 7.91. The van der Waals surface area contributed by atoms with Crippen molar-refractivity contribution in [1.29, 1.82) is 0 Å². The summed E-state index contributed by atoms with van der Waals surface area (Å²) in [5.74, 6) is 0.528. The molecule has 8 heteroatoms. The van der Waals surface area contributed by atoms with Crippen molar-refractivity contribution < 1.29 is 19.1 Å². The van der Waals surface area contributed by atoms with Gasteiger partial charge in [-0.2, -0.15) is 0 Å². The molecule has 0 aliphatic carbocycles. The molecule has 0 fully saturated rings. The molecule has 2 heterocycles. The second-order valence-corrected chi connectivity index (χ2v) is 8.99. The summed E-state index contributed by atoms with van der Waals surface area (Å²) in [4.78, 5) is 32.9. The van der Waals surface area contributed by atoms with Crippen LogP contribution in [0, 0.1) is 6.92 Å². The van der Waals surface area contributed by atoms with Crippen molar-refractivity contribution in [1.82, 2.24) is 4.90 Å². The van der Waals surface area contributed by atoms with E-state index in [1.54, 1.807) is 25.1 Å². The van der Waals surface area contributed by atoms with E-state index in [1.165, 1.54) is 11.3 Å². The first-order valence-electron chi connectivity index (χ1n) is 11.1. The third-order valence-electron chi connectivity index (χ3n) is 5.53. The molecule has 0 atom stereocenters. The summed E-state index contributed by atoms with van der Waals surface area (Å²) in [6, 6.07) is 15.2. The fourth-order valence-corrected chi connectivity index (χ4v) is 4.97. The van der Waals surface area contributed by atoms with Crippen molar-refractivity contribution in [2.45, 2.75) is 26.8 Å². The van der Waals surface area contributed by atoms with Crippen molar-refractivity contribution >= 4 is 40.2 Å². The van der Waals surface area contributed by atoms with Crippen molar-refractivity contribution in [3.05, 3.63) is 75.7 Å². The van der Waals surface area contributed by atoms with Gasteiger partial charge in [0.2, 0.25) is 0 Å². The number of anilines is 1. The normalized spacial score (nSPS) is 13.0. The van der Waals surface area contributed by atoms with Gasteiger partial charge >= 0.3 is 6.09 Å². The van der Waals surface area contributed by atoms with E-state index >= 15 is 0 Å². The maximum absolute atomic E-state index is 13.4. The Morgan fingerprint density at radius 3 is 2.74 bits per heavy atom. The van der Waals surface area contributed by atoms with Gasteiger partial charge in [-0.05, 0) is 55.7 Å². The number of fused-ring (bicyclic) bond motifs is 1. The SMILES string of the molecule is CCOC(=O)N1CCc2c(sc(N=Cc3cccc(OC)c3)c2C(=O)Nc2ccc(C)cc2)C1. The van der Waals surface area contributed by atoms with Gasteiger partial charge in [0.1, 0.15) is 10.8 Å². The van der Waals surface area contributed by atoms with Crippen LogP contribution >= 0.6 is 11.3 Å². The van der Waals surface area contributed by atoms with Crippen LogP contribution in [0.5, 0.6) is 5.75 Å². The molecule has 0 unspecified atom stereocenters. The molecule has 4 rings (SSSR count). The predicted molar refractivity (Wildman–Crippen MR) is 135 cm³/mol. The van der Waals surface area contributed by atoms with Gasteiger partial charge in [0.15, 0.2) is 0 Å². The Morgan fingerprint density at radius 2 is 2.00 bits per heavy atom. The molecule has 1 N–H and O–H groups in total. The molecule has 1 aliphatic heterocycles. The Labute approximate surface area is 203 Å².